The summed E-state index contributed by atoms with van der Waals surface area (Å²) in [5, 5.41) is 3.11. The van der Waals surface area contributed by atoms with Gasteiger partial charge in [-0.25, -0.2) is 13.8 Å². The maximum Gasteiger partial charge on any atom is 0.248 e. The first-order chi connectivity index (χ1) is 10.4. The number of carbonyl (C=O) groups excluding carboxylic acids is 1. The SMILES string of the molecule is CC(=O)N1CCC[C@H](c2nc(C3CCC(F)(F)CC3)cs2)C1. The Morgan fingerprint density at radius 1 is 1.32 bits per heavy atom. The molecule has 0 N–H and O–H groups in total. The van der Waals surface area contributed by atoms with Gasteiger partial charge in [0.2, 0.25) is 11.8 Å². The lowest BCUT2D eigenvalue weighted by Gasteiger charge is -2.31. The van der Waals surface area contributed by atoms with E-state index in [9.17, 15) is 13.6 Å². The first-order valence-corrected chi connectivity index (χ1v) is 8.91. The average Bonchev–Trinajstić information content (AvgIpc) is 2.97. The largest absolute Gasteiger partial charge is 0.342 e. The summed E-state index contributed by atoms with van der Waals surface area (Å²) in [5.41, 5.74) is 0.982. The third-order valence-corrected chi connectivity index (χ3v) is 5.92. The van der Waals surface area contributed by atoms with Gasteiger partial charge in [0.25, 0.3) is 0 Å². The number of hydrogen-bond acceptors (Lipinski definition) is 3. The van der Waals surface area contributed by atoms with Crippen molar-refractivity contribution in [3.05, 3.63) is 16.1 Å². The Kier molecular flexibility index (Phi) is 4.48. The second-order valence-electron chi connectivity index (χ2n) is 6.55. The van der Waals surface area contributed by atoms with Gasteiger partial charge in [-0.2, -0.15) is 0 Å². The molecule has 6 heteroatoms. The highest BCUT2D eigenvalue weighted by atomic mass is 32.1. The van der Waals surface area contributed by atoms with Crippen molar-refractivity contribution in [3.63, 3.8) is 0 Å². The van der Waals surface area contributed by atoms with Crippen LogP contribution in [0.2, 0.25) is 0 Å². The van der Waals surface area contributed by atoms with Gasteiger partial charge in [-0.15, -0.1) is 11.3 Å². The Hall–Kier alpha value is -1.04. The van der Waals surface area contributed by atoms with Crippen LogP contribution in [-0.2, 0) is 4.79 Å². The third-order valence-electron chi connectivity index (χ3n) is 4.89. The summed E-state index contributed by atoms with van der Waals surface area (Å²) in [4.78, 5) is 18.1. The highest BCUT2D eigenvalue weighted by Crippen LogP contribution is 2.41. The number of amides is 1. The molecule has 1 saturated carbocycles. The molecular formula is C16H22F2N2OS. The second-order valence-corrected chi connectivity index (χ2v) is 7.43. The van der Waals surface area contributed by atoms with Crippen molar-refractivity contribution in [2.24, 2.45) is 0 Å². The van der Waals surface area contributed by atoms with Gasteiger partial charge in [-0.3, -0.25) is 4.79 Å². The molecule has 122 valence electrons. The molecule has 1 aliphatic heterocycles. The lowest BCUT2D eigenvalue weighted by atomic mass is 9.85. The fourth-order valence-electron chi connectivity index (χ4n) is 3.48. The number of halogens is 2. The number of thiazole rings is 1. The molecule has 1 aromatic heterocycles. The van der Waals surface area contributed by atoms with Crippen molar-refractivity contribution in [2.75, 3.05) is 13.1 Å². The van der Waals surface area contributed by atoms with Crippen LogP contribution in [0, 0.1) is 0 Å². The maximum atomic E-state index is 13.3. The standard InChI is InChI=1S/C16H22F2N2OS/c1-11(21)20-8-2-3-13(9-20)15-19-14(10-22-15)12-4-6-16(17,18)7-5-12/h10,12-13H,2-9H2,1H3/t13-/m0/s1. The topological polar surface area (TPSA) is 33.2 Å². The Labute approximate surface area is 133 Å². The fraction of sp³-hybridized carbons (Fsp3) is 0.750. The first kappa shape index (κ1) is 15.8. The van der Waals surface area contributed by atoms with Crippen molar-refractivity contribution in [2.45, 2.75) is 63.2 Å². The van der Waals surface area contributed by atoms with E-state index in [1.807, 2.05) is 10.3 Å². The summed E-state index contributed by atoms with van der Waals surface area (Å²) < 4.78 is 26.5. The molecule has 2 fully saturated rings. The summed E-state index contributed by atoms with van der Waals surface area (Å²) in [7, 11) is 0. The normalized spacial score (nSPS) is 26.1. The molecule has 1 atom stereocenters. The van der Waals surface area contributed by atoms with Crippen molar-refractivity contribution in [3.8, 4) is 0 Å². The molecule has 0 spiro atoms. The molecule has 1 aromatic rings. The minimum absolute atomic E-state index is 0.0218. The van der Waals surface area contributed by atoms with Gasteiger partial charge >= 0.3 is 0 Å². The van der Waals surface area contributed by atoms with E-state index in [2.05, 4.69) is 0 Å². The molecule has 0 radical (unpaired) electrons. The third kappa shape index (κ3) is 3.47. The summed E-state index contributed by atoms with van der Waals surface area (Å²) >= 11 is 1.63. The van der Waals surface area contributed by atoms with Crippen LogP contribution in [0.5, 0.6) is 0 Å². The quantitative estimate of drug-likeness (QED) is 0.816. The van der Waals surface area contributed by atoms with Gasteiger partial charge in [0.1, 0.15) is 0 Å². The Balaban J connectivity index is 1.65. The van der Waals surface area contributed by atoms with Crippen LogP contribution in [-0.4, -0.2) is 34.8 Å². The first-order valence-electron chi connectivity index (χ1n) is 8.03. The van der Waals surface area contributed by atoms with Crippen LogP contribution in [0.15, 0.2) is 5.38 Å². The summed E-state index contributed by atoms with van der Waals surface area (Å²) in [6.07, 6.45) is 3.08. The van der Waals surface area contributed by atoms with Crippen LogP contribution in [0.1, 0.15) is 68.0 Å². The number of piperidine rings is 1. The van der Waals surface area contributed by atoms with E-state index in [0.717, 1.165) is 36.6 Å². The van der Waals surface area contributed by atoms with E-state index in [4.69, 9.17) is 4.98 Å². The van der Waals surface area contributed by atoms with Crippen LogP contribution in [0.25, 0.3) is 0 Å². The molecule has 1 amide bonds. The number of likely N-dealkylation sites (tertiary alicyclic amines) is 1. The van der Waals surface area contributed by atoms with Crippen molar-refractivity contribution in [1.82, 2.24) is 9.88 Å². The van der Waals surface area contributed by atoms with Gasteiger partial charge in [0, 0.05) is 50.1 Å². The number of carbonyl (C=O) groups is 1. The van der Waals surface area contributed by atoms with Crippen molar-refractivity contribution < 1.29 is 13.6 Å². The highest BCUT2D eigenvalue weighted by Gasteiger charge is 2.36. The van der Waals surface area contributed by atoms with E-state index < -0.39 is 5.92 Å². The van der Waals surface area contributed by atoms with Gasteiger partial charge < -0.3 is 4.90 Å². The van der Waals surface area contributed by atoms with E-state index in [-0.39, 0.29) is 24.7 Å². The Bertz CT molecular complexity index is 536. The molecule has 1 aliphatic carbocycles. The van der Waals surface area contributed by atoms with Crippen LogP contribution in [0.3, 0.4) is 0 Å². The average molecular weight is 328 g/mol. The number of alkyl halides is 2. The lowest BCUT2D eigenvalue weighted by molar-refractivity contribution is -0.130. The molecular weight excluding hydrogens is 306 g/mol. The smallest absolute Gasteiger partial charge is 0.248 e. The maximum absolute atomic E-state index is 13.3. The number of nitrogens with zero attached hydrogens (tertiary/aromatic N) is 2. The minimum atomic E-state index is -2.49. The van der Waals surface area contributed by atoms with Gasteiger partial charge in [0.15, 0.2) is 0 Å². The van der Waals surface area contributed by atoms with E-state index in [0.29, 0.717) is 18.8 Å². The summed E-state index contributed by atoms with van der Waals surface area (Å²) in [6, 6.07) is 0. The monoisotopic (exact) mass is 328 g/mol. The Morgan fingerprint density at radius 2 is 2.05 bits per heavy atom. The van der Waals surface area contributed by atoms with Crippen molar-refractivity contribution >= 4 is 17.2 Å². The van der Waals surface area contributed by atoms with E-state index >= 15 is 0 Å². The molecule has 1 saturated heterocycles. The molecule has 0 bridgehead atoms. The predicted octanol–water partition coefficient (Wildman–Crippen LogP) is 4.16. The zero-order chi connectivity index (χ0) is 15.7. The zero-order valence-corrected chi connectivity index (χ0v) is 13.7. The molecule has 0 unspecified atom stereocenters. The second kappa shape index (κ2) is 6.22. The molecule has 3 rings (SSSR count). The molecule has 2 aliphatic rings. The Morgan fingerprint density at radius 3 is 2.73 bits per heavy atom. The van der Waals surface area contributed by atoms with Gasteiger partial charge in [-0.1, -0.05) is 0 Å². The summed E-state index contributed by atoms with van der Waals surface area (Å²) in [6.45, 7) is 3.19. The van der Waals surface area contributed by atoms with E-state index in [1.54, 1.807) is 18.3 Å². The van der Waals surface area contributed by atoms with Crippen molar-refractivity contribution in [1.29, 1.82) is 0 Å². The minimum Gasteiger partial charge on any atom is -0.342 e. The van der Waals surface area contributed by atoms with E-state index in [1.165, 1.54) is 0 Å². The number of aromatic nitrogens is 1. The zero-order valence-electron chi connectivity index (χ0n) is 12.9. The molecule has 0 aromatic carbocycles. The molecule has 3 nitrogen and oxygen atoms in total. The highest BCUT2D eigenvalue weighted by molar-refractivity contribution is 7.09. The predicted molar refractivity (Wildman–Crippen MR) is 82.5 cm³/mol. The van der Waals surface area contributed by atoms with Crippen LogP contribution >= 0.6 is 11.3 Å². The molecule has 2 heterocycles. The summed E-state index contributed by atoms with van der Waals surface area (Å²) in [5.74, 6) is -1.88. The van der Waals surface area contributed by atoms with Crippen LogP contribution < -0.4 is 0 Å². The number of rotatable bonds is 2. The van der Waals surface area contributed by atoms with Gasteiger partial charge in [0.05, 0.1) is 10.7 Å². The number of hydrogen-bond donors (Lipinski definition) is 0. The van der Waals surface area contributed by atoms with Gasteiger partial charge in [-0.05, 0) is 25.7 Å². The van der Waals surface area contributed by atoms with Crippen LogP contribution in [0.4, 0.5) is 8.78 Å². The lowest BCUT2D eigenvalue weighted by Crippen LogP contribution is -2.37. The fourth-order valence-corrected chi connectivity index (χ4v) is 4.51. The molecule has 22 heavy (non-hydrogen) atoms.